The first-order valence-corrected chi connectivity index (χ1v) is 9.34. The number of hydrogen-bond donors (Lipinski definition) is 3. The zero-order valence-electron chi connectivity index (χ0n) is 17.1. The topological polar surface area (TPSA) is 65.5 Å². The number of carbonyl (C=O) groups excluding carboxylic acids is 1. The molecule has 0 unspecified atom stereocenters. The molecule has 0 spiro atoms. The lowest BCUT2D eigenvalue weighted by Crippen LogP contribution is -2.39. The molecular weight excluding hydrogens is 463 g/mol. The quantitative estimate of drug-likeness (QED) is 0.315. The molecule has 0 aliphatic heterocycles. The highest BCUT2D eigenvalue weighted by molar-refractivity contribution is 14.0. The van der Waals surface area contributed by atoms with Gasteiger partial charge in [-0.1, -0.05) is 41.5 Å². The number of carbonyl (C=O) groups is 1. The molecule has 2 aromatic carbocycles. The van der Waals surface area contributed by atoms with Crippen LogP contribution in [-0.2, 0) is 12.8 Å². The van der Waals surface area contributed by atoms with Gasteiger partial charge in [0.25, 0.3) is 5.91 Å². The number of rotatable bonds is 7. The molecule has 0 fully saturated rings. The standard InChI is InChI=1S/C22H30N4O.HI/c1-16-12-17(2)14-19(13-16)9-11-26-22(24-4)25-10-8-18-6-5-7-20(15-18)21(27)23-3;/h5-7,12-15H,8-11H2,1-4H3,(H,23,27)(H2,24,25,26);1H. The van der Waals surface area contributed by atoms with E-state index >= 15 is 0 Å². The van der Waals surface area contributed by atoms with Crippen molar-refractivity contribution in [2.45, 2.75) is 26.7 Å². The zero-order chi connectivity index (χ0) is 19.6. The molecule has 2 aromatic rings. The average Bonchev–Trinajstić information content (AvgIpc) is 2.65. The minimum atomic E-state index is -0.0614. The van der Waals surface area contributed by atoms with Crippen molar-refractivity contribution < 1.29 is 4.79 Å². The predicted molar refractivity (Wildman–Crippen MR) is 128 cm³/mol. The zero-order valence-corrected chi connectivity index (χ0v) is 19.5. The molecule has 6 heteroatoms. The minimum Gasteiger partial charge on any atom is -0.356 e. The number of nitrogens with zero attached hydrogens (tertiary/aromatic N) is 1. The van der Waals surface area contributed by atoms with Gasteiger partial charge in [-0.25, -0.2) is 0 Å². The van der Waals surface area contributed by atoms with Gasteiger partial charge in [-0.05, 0) is 49.9 Å². The Labute approximate surface area is 185 Å². The molecular formula is C22H31IN4O. The first-order chi connectivity index (χ1) is 13.0. The molecule has 0 saturated heterocycles. The monoisotopic (exact) mass is 494 g/mol. The largest absolute Gasteiger partial charge is 0.356 e. The van der Waals surface area contributed by atoms with E-state index in [2.05, 4.69) is 53.0 Å². The van der Waals surface area contributed by atoms with Crippen molar-refractivity contribution in [3.8, 4) is 0 Å². The molecule has 0 aliphatic carbocycles. The Morgan fingerprint density at radius 1 is 0.929 bits per heavy atom. The fourth-order valence-electron chi connectivity index (χ4n) is 3.10. The van der Waals surface area contributed by atoms with Gasteiger partial charge < -0.3 is 16.0 Å². The van der Waals surface area contributed by atoms with Crippen LogP contribution in [-0.4, -0.2) is 39.1 Å². The Morgan fingerprint density at radius 3 is 2.11 bits per heavy atom. The minimum absolute atomic E-state index is 0. The summed E-state index contributed by atoms with van der Waals surface area (Å²) in [5.41, 5.74) is 5.74. The number of amides is 1. The Kier molecular flexibility index (Phi) is 10.6. The van der Waals surface area contributed by atoms with E-state index in [1.165, 1.54) is 16.7 Å². The summed E-state index contributed by atoms with van der Waals surface area (Å²) in [5.74, 6) is 0.732. The van der Waals surface area contributed by atoms with Gasteiger partial charge in [0.15, 0.2) is 5.96 Å². The molecule has 1 amide bonds. The van der Waals surface area contributed by atoms with Crippen LogP contribution >= 0.6 is 24.0 Å². The van der Waals surface area contributed by atoms with Crippen LogP contribution < -0.4 is 16.0 Å². The summed E-state index contributed by atoms with van der Waals surface area (Å²) in [6, 6.07) is 14.3. The fourth-order valence-corrected chi connectivity index (χ4v) is 3.10. The normalized spacial score (nSPS) is 10.8. The van der Waals surface area contributed by atoms with E-state index in [1.807, 2.05) is 24.3 Å². The van der Waals surface area contributed by atoms with Gasteiger partial charge >= 0.3 is 0 Å². The van der Waals surface area contributed by atoms with Gasteiger partial charge in [0.2, 0.25) is 0 Å². The van der Waals surface area contributed by atoms with E-state index in [0.717, 1.165) is 37.5 Å². The highest BCUT2D eigenvalue weighted by Gasteiger charge is 2.04. The van der Waals surface area contributed by atoms with E-state index in [4.69, 9.17) is 0 Å². The van der Waals surface area contributed by atoms with E-state index in [9.17, 15) is 4.79 Å². The second kappa shape index (κ2) is 12.4. The molecule has 0 atom stereocenters. The molecule has 0 aliphatic rings. The number of aliphatic imine (C=N–C) groups is 1. The van der Waals surface area contributed by atoms with Gasteiger partial charge in [-0.3, -0.25) is 9.79 Å². The lowest BCUT2D eigenvalue weighted by molar-refractivity contribution is 0.0963. The molecule has 5 nitrogen and oxygen atoms in total. The molecule has 3 N–H and O–H groups in total. The molecule has 0 radical (unpaired) electrons. The maximum absolute atomic E-state index is 11.7. The van der Waals surface area contributed by atoms with Crippen LogP contribution in [0.2, 0.25) is 0 Å². The fraction of sp³-hybridized carbons (Fsp3) is 0.364. The van der Waals surface area contributed by atoms with E-state index in [1.54, 1.807) is 14.1 Å². The number of hydrogen-bond acceptors (Lipinski definition) is 2. The van der Waals surface area contributed by atoms with Crippen molar-refractivity contribution in [2.75, 3.05) is 27.2 Å². The second-order valence-corrected chi connectivity index (χ2v) is 6.70. The third-order valence-electron chi connectivity index (χ3n) is 4.33. The third-order valence-corrected chi connectivity index (χ3v) is 4.33. The van der Waals surface area contributed by atoms with Crippen molar-refractivity contribution in [1.82, 2.24) is 16.0 Å². The summed E-state index contributed by atoms with van der Waals surface area (Å²) in [6.45, 7) is 5.84. The van der Waals surface area contributed by atoms with Gasteiger partial charge in [-0.2, -0.15) is 0 Å². The lowest BCUT2D eigenvalue weighted by atomic mass is 10.1. The van der Waals surface area contributed by atoms with Crippen molar-refractivity contribution in [1.29, 1.82) is 0 Å². The van der Waals surface area contributed by atoms with Crippen molar-refractivity contribution in [2.24, 2.45) is 4.99 Å². The first-order valence-electron chi connectivity index (χ1n) is 9.34. The lowest BCUT2D eigenvalue weighted by Gasteiger charge is -2.12. The highest BCUT2D eigenvalue weighted by Crippen LogP contribution is 2.09. The molecule has 152 valence electrons. The van der Waals surface area contributed by atoms with Crippen molar-refractivity contribution in [3.05, 3.63) is 70.3 Å². The molecule has 2 rings (SSSR count). The average molecular weight is 494 g/mol. The predicted octanol–water partition coefficient (Wildman–Crippen LogP) is 3.23. The van der Waals surface area contributed by atoms with Crippen molar-refractivity contribution in [3.63, 3.8) is 0 Å². The van der Waals surface area contributed by atoms with Crippen LogP contribution in [0.15, 0.2) is 47.5 Å². The van der Waals surface area contributed by atoms with Gasteiger partial charge in [0, 0.05) is 32.7 Å². The van der Waals surface area contributed by atoms with Gasteiger partial charge in [0.1, 0.15) is 0 Å². The van der Waals surface area contributed by atoms with E-state index in [0.29, 0.717) is 5.56 Å². The number of halogens is 1. The number of guanidine groups is 1. The van der Waals surface area contributed by atoms with E-state index < -0.39 is 0 Å². The van der Waals surface area contributed by atoms with Gasteiger partial charge in [-0.15, -0.1) is 24.0 Å². The van der Waals surface area contributed by atoms with Crippen LogP contribution in [0.25, 0.3) is 0 Å². The van der Waals surface area contributed by atoms with Crippen LogP contribution in [0, 0.1) is 13.8 Å². The molecule has 0 saturated carbocycles. The van der Waals surface area contributed by atoms with Crippen LogP contribution in [0.4, 0.5) is 0 Å². The van der Waals surface area contributed by atoms with Crippen LogP contribution in [0.1, 0.15) is 32.6 Å². The van der Waals surface area contributed by atoms with Crippen molar-refractivity contribution >= 4 is 35.8 Å². The van der Waals surface area contributed by atoms with E-state index in [-0.39, 0.29) is 29.9 Å². The Hall–Kier alpha value is -2.09. The third kappa shape index (κ3) is 7.88. The first kappa shape index (κ1) is 23.9. The van der Waals surface area contributed by atoms with Crippen LogP contribution in [0.5, 0.6) is 0 Å². The summed E-state index contributed by atoms with van der Waals surface area (Å²) < 4.78 is 0. The Morgan fingerprint density at radius 2 is 1.54 bits per heavy atom. The molecule has 0 aromatic heterocycles. The maximum atomic E-state index is 11.7. The summed E-state index contributed by atoms with van der Waals surface area (Å²) in [4.78, 5) is 16.0. The number of aryl methyl sites for hydroxylation is 2. The summed E-state index contributed by atoms with van der Waals surface area (Å²) in [5, 5.41) is 9.34. The smallest absolute Gasteiger partial charge is 0.251 e. The SMILES string of the molecule is CN=C(NCCc1cc(C)cc(C)c1)NCCc1cccc(C(=O)NC)c1.I. The van der Waals surface area contributed by atoms with Crippen LogP contribution in [0.3, 0.4) is 0 Å². The number of nitrogens with one attached hydrogen (secondary N) is 3. The molecule has 28 heavy (non-hydrogen) atoms. The molecule has 0 bridgehead atoms. The molecule has 0 heterocycles. The maximum Gasteiger partial charge on any atom is 0.251 e. The van der Waals surface area contributed by atoms with Gasteiger partial charge in [0.05, 0.1) is 0 Å². The summed E-state index contributed by atoms with van der Waals surface area (Å²) >= 11 is 0. The second-order valence-electron chi connectivity index (χ2n) is 6.70. The Bertz CT molecular complexity index is 785. The number of benzene rings is 2. The Balaban J connectivity index is 0.00000392. The summed E-state index contributed by atoms with van der Waals surface area (Å²) in [6.07, 6.45) is 1.78. The highest BCUT2D eigenvalue weighted by atomic mass is 127. The summed E-state index contributed by atoms with van der Waals surface area (Å²) in [7, 11) is 3.42.